The lowest BCUT2D eigenvalue weighted by Gasteiger charge is -2.31. The Balaban J connectivity index is 1.98. The zero-order chi connectivity index (χ0) is 16.4. The van der Waals surface area contributed by atoms with E-state index in [1.165, 1.54) is 23.9 Å². The number of carbonyl (C=O) groups is 1. The van der Waals surface area contributed by atoms with E-state index < -0.39 is 0 Å². The number of hydrogen-bond acceptors (Lipinski definition) is 4. The minimum Gasteiger partial charge on any atom is -0.375 e. The van der Waals surface area contributed by atoms with E-state index in [9.17, 15) is 9.18 Å². The summed E-state index contributed by atoms with van der Waals surface area (Å²) in [7, 11) is 0. The Bertz CT molecular complexity index is 702. The highest BCUT2D eigenvalue weighted by molar-refractivity contribution is 7.98. The molecule has 1 aromatic carbocycles. The van der Waals surface area contributed by atoms with Gasteiger partial charge in [-0.25, -0.2) is 9.37 Å². The molecule has 0 unspecified atom stereocenters. The molecule has 1 aliphatic rings. The number of thioether (sulfide) groups is 1. The van der Waals surface area contributed by atoms with Crippen molar-refractivity contribution in [2.75, 3.05) is 26.0 Å². The van der Waals surface area contributed by atoms with Crippen LogP contribution in [0.15, 0.2) is 35.6 Å². The first-order valence-electron chi connectivity index (χ1n) is 7.38. The van der Waals surface area contributed by atoms with Gasteiger partial charge >= 0.3 is 0 Å². The third-order valence-electron chi connectivity index (χ3n) is 3.74. The topological polar surface area (TPSA) is 47.4 Å². The monoisotopic (exact) mass is 335 g/mol. The maximum absolute atomic E-state index is 13.2. The molecular formula is C16H18FN3O2S. The van der Waals surface area contributed by atoms with Gasteiger partial charge in [-0.15, -0.1) is 0 Å². The summed E-state index contributed by atoms with van der Waals surface area (Å²) in [6, 6.07) is 6.06. The lowest BCUT2D eigenvalue weighted by molar-refractivity contribution is -0.0127. The van der Waals surface area contributed by atoms with E-state index in [1.54, 1.807) is 27.8 Å². The molecule has 2 aromatic rings. The van der Waals surface area contributed by atoms with Crippen molar-refractivity contribution in [3.8, 4) is 5.69 Å². The van der Waals surface area contributed by atoms with Gasteiger partial charge in [0.15, 0.2) is 5.16 Å². The smallest absolute Gasteiger partial charge is 0.272 e. The molecule has 0 bridgehead atoms. The Hall–Kier alpha value is -1.86. The molecule has 2 heterocycles. The van der Waals surface area contributed by atoms with E-state index in [4.69, 9.17) is 4.74 Å². The molecule has 0 radical (unpaired) electrons. The third kappa shape index (κ3) is 3.25. The predicted octanol–water partition coefficient (Wildman–Crippen LogP) is 2.59. The summed E-state index contributed by atoms with van der Waals surface area (Å²) in [5, 5.41) is 0.696. The van der Waals surface area contributed by atoms with Crippen LogP contribution in [0.2, 0.25) is 0 Å². The molecule has 0 N–H and O–H groups in total. The second kappa shape index (κ2) is 6.72. The number of rotatable bonds is 3. The number of ether oxygens (including phenoxy) is 1. The molecule has 1 amide bonds. The summed E-state index contributed by atoms with van der Waals surface area (Å²) in [5.74, 6) is -0.397. The van der Waals surface area contributed by atoms with E-state index in [-0.39, 0.29) is 17.8 Å². The van der Waals surface area contributed by atoms with Gasteiger partial charge in [-0.1, -0.05) is 11.8 Å². The molecule has 7 heteroatoms. The van der Waals surface area contributed by atoms with Gasteiger partial charge in [-0.05, 0) is 37.4 Å². The van der Waals surface area contributed by atoms with Gasteiger partial charge in [0, 0.05) is 18.8 Å². The molecule has 1 atom stereocenters. The second-order valence-corrected chi connectivity index (χ2v) is 6.15. The molecule has 122 valence electrons. The Morgan fingerprint density at radius 1 is 1.39 bits per heavy atom. The number of morpholine rings is 1. The lowest BCUT2D eigenvalue weighted by atomic mass is 10.2. The zero-order valence-corrected chi connectivity index (χ0v) is 13.8. The highest BCUT2D eigenvalue weighted by atomic mass is 32.2. The summed E-state index contributed by atoms with van der Waals surface area (Å²) in [4.78, 5) is 19.0. The molecule has 0 spiro atoms. The molecular weight excluding hydrogens is 317 g/mol. The maximum atomic E-state index is 13.2. The normalized spacial score (nSPS) is 18.2. The third-order valence-corrected chi connectivity index (χ3v) is 4.40. The van der Waals surface area contributed by atoms with Gasteiger partial charge in [-0.3, -0.25) is 9.36 Å². The first kappa shape index (κ1) is 16.0. The van der Waals surface area contributed by atoms with Gasteiger partial charge < -0.3 is 9.64 Å². The van der Waals surface area contributed by atoms with E-state index in [2.05, 4.69) is 4.98 Å². The SMILES string of the molecule is CSc1ncc(C(=O)N2CCO[C@@H](C)C2)n1-c1ccc(F)cc1. The number of hydrogen-bond donors (Lipinski definition) is 0. The number of amides is 1. The summed E-state index contributed by atoms with van der Waals surface area (Å²) < 4.78 is 20.4. The number of aromatic nitrogens is 2. The number of halogens is 1. The molecule has 1 saturated heterocycles. The molecule has 3 rings (SSSR count). The van der Waals surface area contributed by atoms with Gasteiger partial charge in [-0.2, -0.15) is 0 Å². The largest absolute Gasteiger partial charge is 0.375 e. The molecule has 1 aliphatic heterocycles. The van der Waals surface area contributed by atoms with Gasteiger partial charge in [0.25, 0.3) is 5.91 Å². The van der Waals surface area contributed by atoms with Crippen molar-refractivity contribution >= 4 is 17.7 Å². The summed E-state index contributed by atoms with van der Waals surface area (Å²) in [5.41, 5.74) is 1.20. The highest BCUT2D eigenvalue weighted by Crippen LogP contribution is 2.23. The van der Waals surface area contributed by atoms with Crippen LogP contribution in [0, 0.1) is 5.82 Å². The van der Waals surface area contributed by atoms with Crippen LogP contribution >= 0.6 is 11.8 Å². The fourth-order valence-corrected chi connectivity index (χ4v) is 3.18. The quantitative estimate of drug-likeness (QED) is 0.809. The Labute approximate surface area is 138 Å². The first-order valence-corrected chi connectivity index (χ1v) is 8.61. The predicted molar refractivity (Wildman–Crippen MR) is 86.6 cm³/mol. The van der Waals surface area contributed by atoms with Crippen molar-refractivity contribution in [3.05, 3.63) is 42.0 Å². The lowest BCUT2D eigenvalue weighted by Crippen LogP contribution is -2.45. The van der Waals surface area contributed by atoms with Gasteiger partial charge in [0.1, 0.15) is 11.5 Å². The standard InChI is InChI=1S/C16H18FN3O2S/c1-11-10-19(7-8-22-11)15(21)14-9-18-16(23-2)20(14)13-5-3-12(17)4-6-13/h3-6,9,11H,7-8,10H2,1-2H3/t11-/m0/s1. The van der Waals surface area contributed by atoms with E-state index in [1.807, 2.05) is 13.2 Å². The second-order valence-electron chi connectivity index (χ2n) is 5.37. The number of benzene rings is 1. The number of imidazole rings is 1. The van der Waals surface area contributed by atoms with Crippen molar-refractivity contribution in [2.24, 2.45) is 0 Å². The van der Waals surface area contributed by atoms with Crippen molar-refractivity contribution in [2.45, 2.75) is 18.2 Å². The van der Waals surface area contributed by atoms with Crippen LogP contribution in [-0.4, -0.2) is 52.4 Å². The first-order chi connectivity index (χ1) is 11.1. The molecule has 5 nitrogen and oxygen atoms in total. The number of nitrogens with zero attached hydrogens (tertiary/aromatic N) is 3. The average Bonchev–Trinajstić information content (AvgIpc) is 2.99. The average molecular weight is 335 g/mol. The van der Waals surface area contributed by atoms with Gasteiger partial charge in [0.2, 0.25) is 0 Å². The highest BCUT2D eigenvalue weighted by Gasteiger charge is 2.26. The Morgan fingerprint density at radius 3 is 2.78 bits per heavy atom. The van der Waals surface area contributed by atoms with Crippen molar-refractivity contribution < 1.29 is 13.9 Å². The van der Waals surface area contributed by atoms with Crippen LogP contribution < -0.4 is 0 Å². The molecule has 0 saturated carbocycles. The molecule has 1 aromatic heterocycles. The molecule has 1 fully saturated rings. The molecule has 23 heavy (non-hydrogen) atoms. The maximum Gasteiger partial charge on any atom is 0.272 e. The van der Waals surface area contributed by atoms with Crippen LogP contribution in [0.1, 0.15) is 17.4 Å². The van der Waals surface area contributed by atoms with Crippen molar-refractivity contribution in [1.29, 1.82) is 0 Å². The van der Waals surface area contributed by atoms with Crippen LogP contribution in [0.3, 0.4) is 0 Å². The Morgan fingerprint density at radius 2 is 2.13 bits per heavy atom. The van der Waals surface area contributed by atoms with E-state index in [0.29, 0.717) is 30.5 Å². The number of carbonyl (C=O) groups excluding carboxylic acids is 1. The minimum atomic E-state index is -0.311. The summed E-state index contributed by atoms with van der Waals surface area (Å²) in [6.07, 6.45) is 3.50. The molecule has 0 aliphatic carbocycles. The summed E-state index contributed by atoms with van der Waals surface area (Å²) in [6.45, 7) is 3.60. The van der Waals surface area contributed by atoms with Crippen molar-refractivity contribution in [3.63, 3.8) is 0 Å². The zero-order valence-electron chi connectivity index (χ0n) is 13.0. The van der Waals surface area contributed by atoms with Crippen LogP contribution in [-0.2, 0) is 4.74 Å². The van der Waals surface area contributed by atoms with Crippen LogP contribution in [0.25, 0.3) is 5.69 Å². The summed E-state index contributed by atoms with van der Waals surface area (Å²) >= 11 is 1.44. The van der Waals surface area contributed by atoms with Gasteiger partial charge in [0.05, 0.1) is 18.9 Å². The van der Waals surface area contributed by atoms with Crippen molar-refractivity contribution in [1.82, 2.24) is 14.5 Å². The fourth-order valence-electron chi connectivity index (χ4n) is 2.63. The van der Waals surface area contributed by atoms with E-state index in [0.717, 1.165) is 5.69 Å². The van der Waals surface area contributed by atoms with Crippen LogP contribution in [0.5, 0.6) is 0 Å². The van der Waals surface area contributed by atoms with Crippen LogP contribution in [0.4, 0.5) is 4.39 Å². The Kier molecular flexibility index (Phi) is 4.68. The van der Waals surface area contributed by atoms with E-state index >= 15 is 0 Å². The minimum absolute atomic E-state index is 0.0231. The fraction of sp³-hybridized carbons (Fsp3) is 0.375.